The van der Waals surface area contributed by atoms with E-state index >= 15 is 0 Å². The molecule has 1 atom stereocenters. The average Bonchev–Trinajstić information content (AvgIpc) is 3.29. The Kier molecular flexibility index (Phi) is 5.35. The van der Waals surface area contributed by atoms with Crippen molar-refractivity contribution in [3.63, 3.8) is 0 Å². The molecule has 152 valence electrons. The molecule has 4 amide bonds. The van der Waals surface area contributed by atoms with Crippen LogP contribution in [0.25, 0.3) is 0 Å². The first kappa shape index (κ1) is 19.6. The van der Waals surface area contributed by atoms with Gasteiger partial charge < -0.3 is 9.32 Å². The van der Waals surface area contributed by atoms with Crippen molar-refractivity contribution in [2.45, 2.75) is 19.3 Å². The zero-order valence-electron chi connectivity index (χ0n) is 16.3. The minimum absolute atomic E-state index is 0.0297. The number of fused-ring (bicyclic) bond motifs is 1. The van der Waals surface area contributed by atoms with Crippen molar-refractivity contribution < 1.29 is 23.4 Å². The molecular weight excluding hydrogens is 394 g/mol. The maximum absolute atomic E-state index is 12.8. The van der Waals surface area contributed by atoms with E-state index in [0.717, 1.165) is 37.3 Å². The van der Waals surface area contributed by atoms with E-state index in [0.29, 0.717) is 16.6 Å². The third-order valence-electron chi connectivity index (χ3n) is 5.23. The highest BCUT2D eigenvalue weighted by Crippen LogP contribution is 2.27. The van der Waals surface area contributed by atoms with Crippen LogP contribution in [-0.4, -0.2) is 81.9 Å². The molecule has 3 aliphatic rings. The number of imide groups is 1. The normalized spacial score (nSPS) is 22.5. The van der Waals surface area contributed by atoms with Crippen LogP contribution in [0.4, 0.5) is 4.79 Å². The van der Waals surface area contributed by atoms with Gasteiger partial charge in [-0.3, -0.25) is 9.59 Å². The van der Waals surface area contributed by atoms with Gasteiger partial charge in [0.1, 0.15) is 5.04 Å². The fourth-order valence-corrected chi connectivity index (χ4v) is 4.55. The highest BCUT2D eigenvalue weighted by molar-refractivity contribution is 8.14. The van der Waals surface area contributed by atoms with E-state index in [1.807, 2.05) is 4.90 Å². The molecule has 0 saturated carbocycles. The van der Waals surface area contributed by atoms with Crippen molar-refractivity contribution >= 4 is 46.3 Å². The van der Waals surface area contributed by atoms with Gasteiger partial charge in [-0.25, -0.2) is 9.79 Å². The van der Waals surface area contributed by atoms with Gasteiger partial charge >= 0.3 is 11.9 Å². The number of carbonyl (C=O) groups excluding carboxylic acids is 3. The van der Waals surface area contributed by atoms with E-state index in [1.165, 1.54) is 29.6 Å². The van der Waals surface area contributed by atoms with Gasteiger partial charge in [0, 0.05) is 13.1 Å². The maximum atomic E-state index is 12.8. The Bertz CT molecular complexity index is 944. The van der Waals surface area contributed by atoms with Crippen LogP contribution in [0.3, 0.4) is 0 Å². The molecule has 0 aliphatic carbocycles. The second-order valence-corrected chi connectivity index (χ2v) is 8.12. The number of nitrogens with zero attached hydrogens (tertiary/aromatic N) is 5. The molecular formula is C19H22N5O4S+. The Hall–Kier alpha value is -2.75. The number of amides is 4. The second-order valence-electron chi connectivity index (χ2n) is 7.12. The minimum atomic E-state index is -0.805. The van der Waals surface area contributed by atoms with Gasteiger partial charge in [0.05, 0.1) is 26.1 Å². The number of aliphatic imine (C=N–C) groups is 2. The number of piperidine rings is 1. The van der Waals surface area contributed by atoms with Crippen LogP contribution in [0.5, 0.6) is 0 Å². The van der Waals surface area contributed by atoms with Crippen molar-refractivity contribution in [1.29, 1.82) is 0 Å². The highest BCUT2D eigenvalue weighted by atomic mass is 32.2. The molecule has 10 heteroatoms. The van der Waals surface area contributed by atoms with Gasteiger partial charge in [0.15, 0.2) is 11.7 Å². The molecule has 0 bridgehead atoms. The van der Waals surface area contributed by atoms with E-state index in [1.54, 1.807) is 19.2 Å². The number of furan rings is 1. The third kappa shape index (κ3) is 3.64. The molecule has 0 radical (unpaired) electrons. The van der Waals surface area contributed by atoms with Gasteiger partial charge in [-0.05, 0) is 31.4 Å². The molecule has 1 saturated heterocycles. The molecule has 4 heterocycles. The van der Waals surface area contributed by atoms with Crippen LogP contribution < -0.4 is 0 Å². The number of thioether (sulfide) groups is 1. The summed E-state index contributed by atoms with van der Waals surface area (Å²) in [5, 5.41) is 0.447. The lowest BCUT2D eigenvalue weighted by Gasteiger charge is -2.28. The Morgan fingerprint density at radius 3 is 2.72 bits per heavy atom. The van der Waals surface area contributed by atoms with E-state index < -0.39 is 17.9 Å². The number of hydrogen-bond acceptors (Lipinski definition) is 7. The quantitative estimate of drug-likeness (QED) is 0.695. The van der Waals surface area contributed by atoms with Crippen molar-refractivity contribution in [2.75, 3.05) is 32.9 Å². The van der Waals surface area contributed by atoms with Gasteiger partial charge in [-0.2, -0.15) is 9.48 Å². The first-order valence-corrected chi connectivity index (χ1v) is 10.5. The zero-order valence-corrected chi connectivity index (χ0v) is 17.1. The summed E-state index contributed by atoms with van der Waals surface area (Å²) in [5.41, 5.74) is 0. The second kappa shape index (κ2) is 7.94. The summed E-state index contributed by atoms with van der Waals surface area (Å²) in [5.74, 6) is 0.0229. The highest BCUT2D eigenvalue weighted by Gasteiger charge is 2.49. The predicted octanol–water partition coefficient (Wildman–Crippen LogP) is 1.43. The summed E-state index contributed by atoms with van der Waals surface area (Å²) in [4.78, 5) is 49.7. The molecule has 1 unspecified atom stereocenters. The molecule has 1 aromatic rings. The number of carbonyl (C=O) groups is 3. The number of rotatable bonds is 3. The summed E-state index contributed by atoms with van der Waals surface area (Å²) < 4.78 is 6.74. The summed E-state index contributed by atoms with van der Waals surface area (Å²) in [6, 6.07) is 2.97. The predicted molar refractivity (Wildman–Crippen MR) is 108 cm³/mol. The number of urea groups is 1. The van der Waals surface area contributed by atoms with Crippen LogP contribution in [0.1, 0.15) is 25.0 Å². The monoisotopic (exact) mass is 416 g/mol. The van der Waals surface area contributed by atoms with Crippen LogP contribution >= 0.6 is 11.8 Å². The topological polar surface area (TPSA) is 98.6 Å². The van der Waals surface area contributed by atoms with Crippen molar-refractivity contribution in [3.05, 3.63) is 24.2 Å². The molecule has 9 nitrogen and oxygen atoms in total. The smallest absolute Gasteiger partial charge is 0.445 e. The van der Waals surface area contributed by atoms with Gasteiger partial charge in [0.25, 0.3) is 11.7 Å². The summed E-state index contributed by atoms with van der Waals surface area (Å²) in [6.07, 6.45) is 4.69. The minimum Gasteiger partial charge on any atom is -0.459 e. The standard InChI is InChI=1S/C19H22N5O4S/c1-22-16-14(18(26)23(2)19(22)27)17(21-15(20-16)12-7-6-10-28-12)29-11-13(25)24-8-4-3-5-9-24/h6-7,10,14H,3-5,8-9,11H2,1-2H3/q+1. The van der Waals surface area contributed by atoms with Crippen molar-refractivity contribution in [1.82, 2.24) is 9.80 Å². The van der Waals surface area contributed by atoms with Gasteiger partial charge in [-0.1, -0.05) is 16.8 Å². The Morgan fingerprint density at radius 2 is 2.03 bits per heavy atom. The molecule has 0 spiro atoms. The van der Waals surface area contributed by atoms with Crippen LogP contribution in [-0.2, 0) is 9.59 Å². The lowest BCUT2D eigenvalue weighted by Crippen LogP contribution is -2.54. The number of amidine groups is 2. The molecule has 1 aromatic heterocycles. The van der Waals surface area contributed by atoms with Crippen LogP contribution in [0.15, 0.2) is 32.8 Å². The van der Waals surface area contributed by atoms with Crippen LogP contribution in [0.2, 0.25) is 0 Å². The van der Waals surface area contributed by atoms with Crippen molar-refractivity contribution in [3.8, 4) is 0 Å². The van der Waals surface area contributed by atoms with E-state index in [4.69, 9.17) is 4.42 Å². The van der Waals surface area contributed by atoms with Gasteiger partial charge in [0.2, 0.25) is 5.91 Å². The van der Waals surface area contributed by atoms with Crippen LogP contribution in [0, 0.1) is 5.92 Å². The lowest BCUT2D eigenvalue weighted by molar-refractivity contribution is -0.407. The summed E-state index contributed by atoms with van der Waals surface area (Å²) >= 11 is 1.22. The van der Waals surface area contributed by atoms with Gasteiger partial charge in [-0.15, -0.1) is 0 Å². The van der Waals surface area contributed by atoms with E-state index in [2.05, 4.69) is 9.98 Å². The lowest BCUT2D eigenvalue weighted by atomic mass is 10.0. The SMILES string of the molecule is CN1C(=O)C2C(SCC(=O)N3CCCCC3)=NC(c3ccco3)=NC2=[N+](C)C1=O. The Labute approximate surface area is 172 Å². The molecule has 1 fully saturated rings. The Balaban J connectivity index is 1.64. The molecule has 3 aliphatic heterocycles. The fraction of sp³-hybridized carbons (Fsp3) is 0.474. The molecule has 4 rings (SSSR count). The summed E-state index contributed by atoms with van der Waals surface area (Å²) in [7, 11) is 3.01. The third-order valence-corrected chi connectivity index (χ3v) is 6.24. The maximum Gasteiger partial charge on any atom is 0.445 e. The average molecular weight is 416 g/mol. The number of likely N-dealkylation sites (tertiary alicyclic amines) is 1. The van der Waals surface area contributed by atoms with E-state index in [9.17, 15) is 14.4 Å². The summed E-state index contributed by atoms with van der Waals surface area (Å²) in [6.45, 7) is 1.54. The largest absolute Gasteiger partial charge is 0.459 e. The van der Waals surface area contributed by atoms with Crippen molar-refractivity contribution in [2.24, 2.45) is 15.9 Å². The number of hydrogen-bond donors (Lipinski definition) is 0. The van der Waals surface area contributed by atoms with E-state index in [-0.39, 0.29) is 17.5 Å². The molecule has 29 heavy (non-hydrogen) atoms. The zero-order chi connectivity index (χ0) is 20.5. The molecule has 0 aromatic carbocycles. The Morgan fingerprint density at radius 1 is 1.28 bits per heavy atom. The first-order valence-electron chi connectivity index (χ1n) is 9.51. The molecule has 0 N–H and O–H groups in total. The fourth-order valence-electron chi connectivity index (χ4n) is 3.57. The first-order chi connectivity index (χ1) is 14.0.